The molecule has 5 aromatic rings. The first-order valence-electron chi connectivity index (χ1n) is 13.9. The quantitative estimate of drug-likeness (QED) is 0.190. The van der Waals surface area contributed by atoms with Crippen LogP contribution in [0.1, 0.15) is 41.3 Å². The molecule has 6 rings (SSSR count). The van der Waals surface area contributed by atoms with E-state index < -0.39 is 33.1 Å². The van der Waals surface area contributed by atoms with Gasteiger partial charge in [0.1, 0.15) is 27.8 Å². The second-order valence-electron chi connectivity index (χ2n) is 10.3. The second-order valence-corrected chi connectivity index (χ2v) is 13.1. The van der Waals surface area contributed by atoms with Crippen molar-refractivity contribution in [3.05, 3.63) is 116 Å². The first kappa shape index (κ1) is 31.8. The summed E-state index contributed by atoms with van der Waals surface area (Å²) in [4.78, 5) is 27.2. The molecule has 15 heteroatoms. The second kappa shape index (κ2) is 12.5. The van der Waals surface area contributed by atoms with Crippen LogP contribution >= 0.6 is 34.8 Å². The van der Waals surface area contributed by atoms with Crippen molar-refractivity contribution in [3.63, 3.8) is 0 Å². The third-order valence-corrected chi connectivity index (χ3v) is 9.41. The number of carbonyl (C=O) groups excluding carboxylic acids is 1. The number of aryl methyl sites for hydroxylation is 1. The van der Waals surface area contributed by atoms with Gasteiger partial charge in [-0.25, -0.2) is 23.3 Å². The van der Waals surface area contributed by atoms with Crippen LogP contribution in [-0.4, -0.2) is 47.0 Å². The summed E-state index contributed by atoms with van der Waals surface area (Å²) in [7, 11) is -4.40. The van der Waals surface area contributed by atoms with Crippen LogP contribution < -0.4 is 14.7 Å². The molecule has 0 saturated carbocycles. The Morgan fingerprint density at radius 3 is 2.22 bits per heavy atom. The molecule has 236 valence electrons. The van der Waals surface area contributed by atoms with Gasteiger partial charge in [0.05, 0.1) is 23.2 Å². The van der Waals surface area contributed by atoms with E-state index in [0.29, 0.717) is 37.8 Å². The van der Waals surface area contributed by atoms with Gasteiger partial charge in [-0.15, -0.1) is 5.10 Å². The molecule has 2 N–H and O–H groups in total. The third kappa shape index (κ3) is 5.90. The fourth-order valence-electron chi connectivity index (χ4n) is 5.33. The maximum atomic E-state index is 14.4. The minimum Gasteiger partial charge on any atom is -0.492 e. The number of benzene rings is 4. The van der Waals surface area contributed by atoms with E-state index in [4.69, 9.17) is 54.5 Å². The molecule has 1 aliphatic heterocycles. The summed E-state index contributed by atoms with van der Waals surface area (Å²) < 4.78 is 31.6. The molecule has 1 aromatic heterocycles. The zero-order valence-corrected chi connectivity index (χ0v) is 27.3. The highest BCUT2D eigenvalue weighted by atomic mass is 35.5. The lowest BCUT2D eigenvalue weighted by Gasteiger charge is -2.29. The Morgan fingerprint density at radius 1 is 0.957 bits per heavy atom. The molecule has 0 bridgehead atoms. The van der Waals surface area contributed by atoms with Gasteiger partial charge in [0.2, 0.25) is 10.0 Å². The summed E-state index contributed by atoms with van der Waals surface area (Å²) in [6.07, 6.45) is -0.891. The smallest absolute Gasteiger partial charge is 0.442 e. The van der Waals surface area contributed by atoms with Crippen molar-refractivity contribution in [2.45, 2.75) is 30.8 Å². The minimum absolute atomic E-state index is 0.0439. The zero-order valence-electron chi connectivity index (χ0n) is 24.3. The zero-order chi connectivity index (χ0) is 32.7. The van der Waals surface area contributed by atoms with Crippen LogP contribution in [0.3, 0.4) is 0 Å². The highest BCUT2D eigenvalue weighted by Crippen LogP contribution is 2.47. The van der Waals surface area contributed by atoms with Crippen molar-refractivity contribution in [2.75, 3.05) is 6.61 Å². The van der Waals surface area contributed by atoms with Crippen LogP contribution in [0.15, 0.2) is 88.8 Å². The molecule has 0 fully saturated rings. The highest BCUT2D eigenvalue weighted by Gasteiger charge is 2.45. The fourth-order valence-corrected chi connectivity index (χ4v) is 6.89. The van der Waals surface area contributed by atoms with E-state index in [2.05, 4.69) is 10.3 Å². The molecule has 2 unspecified atom stereocenters. The van der Waals surface area contributed by atoms with Gasteiger partial charge in [0, 0.05) is 10.0 Å². The van der Waals surface area contributed by atoms with Crippen LogP contribution in [0.2, 0.25) is 15.1 Å². The first-order valence-corrected chi connectivity index (χ1v) is 16.6. The van der Waals surface area contributed by atoms with Crippen molar-refractivity contribution in [1.29, 1.82) is 0 Å². The summed E-state index contributed by atoms with van der Waals surface area (Å²) in [5.74, 6) is -0.114. The van der Waals surface area contributed by atoms with Crippen molar-refractivity contribution < 1.29 is 22.8 Å². The largest absolute Gasteiger partial charge is 0.492 e. The number of hydrogen-bond acceptors (Lipinski definition) is 8. The number of primary sulfonamides is 1. The number of amidine groups is 1. The average Bonchev–Trinajstić information content (AvgIpc) is 3.61. The maximum Gasteiger partial charge on any atom is 0.442 e. The molecule has 2 atom stereocenters. The summed E-state index contributed by atoms with van der Waals surface area (Å²) in [5, 5.41) is 14.6. The maximum absolute atomic E-state index is 14.4. The van der Waals surface area contributed by atoms with E-state index >= 15 is 0 Å². The van der Waals surface area contributed by atoms with Crippen molar-refractivity contribution in [2.24, 2.45) is 10.1 Å². The highest BCUT2D eigenvalue weighted by molar-refractivity contribution is 7.89. The van der Waals surface area contributed by atoms with Gasteiger partial charge in [0.25, 0.3) is 0 Å². The molecule has 11 nitrogen and oxygen atoms in total. The number of fused-ring (bicyclic) bond motifs is 1. The van der Waals surface area contributed by atoms with Gasteiger partial charge in [-0.3, -0.25) is 9.83 Å². The van der Waals surface area contributed by atoms with Crippen molar-refractivity contribution in [3.8, 4) is 5.75 Å². The summed E-state index contributed by atoms with van der Waals surface area (Å²) in [6.45, 7) is 3.35. The molecule has 1 amide bonds. The number of nitrogens with two attached hydrogens (primary N) is 1. The van der Waals surface area contributed by atoms with E-state index in [0.717, 1.165) is 4.85 Å². The standard InChI is InChI=1S/C31H25Cl3N6O5S/c1-3-44-28-22(16-17(2)25(34)29(28)46(35,42)43)30-36-26(18-8-12-20(32)13-9-18)27(19-10-14-21(33)15-11-19)39(30)31(41)45-40-24-7-5-4-6-23(24)37-38-40/h4-16,26-27H,3H2,1-2H3,(H2,35,42,43). The van der Waals surface area contributed by atoms with Crippen molar-refractivity contribution in [1.82, 2.24) is 20.1 Å². The Balaban J connectivity index is 1.61. The van der Waals surface area contributed by atoms with E-state index in [-0.39, 0.29) is 28.8 Å². The van der Waals surface area contributed by atoms with Gasteiger partial charge in [-0.2, -0.15) is 0 Å². The summed E-state index contributed by atoms with van der Waals surface area (Å²) in [6, 6.07) is 20.9. The lowest BCUT2D eigenvalue weighted by Crippen LogP contribution is -2.42. The summed E-state index contributed by atoms with van der Waals surface area (Å²) >= 11 is 19.0. The predicted molar refractivity (Wildman–Crippen MR) is 175 cm³/mol. The number of amides is 1. The fraction of sp³-hybridized carbons (Fsp3) is 0.161. The number of aromatic nitrogens is 3. The monoisotopic (exact) mass is 698 g/mol. The number of rotatable bonds is 7. The SMILES string of the molecule is CCOc1c(C2=NC(c3ccc(Cl)cc3)C(c3ccc(Cl)cc3)N2C(=O)On2nnc3ccccc32)cc(C)c(Cl)c1S(N)(=O)=O. The molecule has 2 heterocycles. The average molecular weight is 700 g/mol. The van der Waals surface area contributed by atoms with Gasteiger partial charge < -0.3 is 4.74 Å². The molecular weight excluding hydrogens is 675 g/mol. The van der Waals surface area contributed by atoms with E-state index in [1.54, 1.807) is 92.7 Å². The lowest BCUT2D eigenvalue weighted by atomic mass is 9.94. The van der Waals surface area contributed by atoms with Gasteiger partial charge in [0.15, 0.2) is 5.75 Å². The van der Waals surface area contributed by atoms with Crippen LogP contribution in [0, 0.1) is 6.92 Å². The molecule has 46 heavy (non-hydrogen) atoms. The van der Waals surface area contributed by atoms with Gasteiger partial charge in [-0.1, -0.05) is 76.0 Å². The van der Waals surface area contributed by atoms with Crippen molar-refractivity contribution >= 4 is 67.8 Å². The summed E-state index contributed by atoms with van der Waals surface area (Å²) in [5.41, 5.74) is 2.82. The number of sulfonamides is 1. The number of hydrogen-bond donors (Lipinski definition) is 1. The van der Waals surface area contributed by atoms with Crippen LogP contribution in [0.4, 0.5) is 4.79 Å². The Hall–Kier alpha value is -4.20. The number of para-hydroxylation sites is 1. The molecular formula is C31H25Cl3N6O5S. The molecule has 1 aliphatic rings. The van der Waals surface area contributed by atoms with Crippen LogP contribution in [0.25, 0.3) is 11.0 Å². The molecule has 0 aliphatic carbocycles. The Kier molecular flexibility index (Phi) is 8.66. The van der Waals surface area contributed by atoms with Gasteiger partial charge >= 0.3 is 6.09 Å². The van der Waals surface area contributed by atoms with E-state index in [1.165, 1.54) is 4.90 Å². The Morgan fingerprint density at radius 2 is 1.59 bits per heavy atom. The van der Waals surface area contributed by atoms with Crippen LogP contribution in [-0.2, 0) is 10.0 Å². The third-order valence-electron chi connectivity index (χ3n) is 7.34. The van der Waals surface area contributed by atoms with E-state index in [9.17, 15) is 13.2 Å². The van der Waals surface area contributed by atoms with Crippen LogP contribution in [0.5, 0.6) is 5.75 Å². The molecule has 0 spiro atoms. The molecule has 4 aromatic carbocycles. The number of halogens is 3. The number of ether oxygens (including phenoxy) is 1. The first-order chi connectivity index (χ1) is 22.0. The number of carbonyl (C=O) groups is 1. The molecule has 0 radical (unpaired) electrons. The van der Waals surface area contributed by atoms with E-state index in [1.807, 2.05) is 0 Å². The minimum atomic E-state index is -4.40. The molecule has 0 saturated heterocycles. The number of nitrogens with zero attached hydrogens (tertiary/aromatic N) is 5. The van der Waals surface area contributed by atoms with Gasteiger partial charge in [-0.05, 0) is 78.2 Å². The predicted octanol–water partition coefficient (Wildman–Crippen LogP) is 6.54. The normalized spacial score (nSPS) is 16.5. The Labute approximate surface area is 279 Å². The number of aliphatic imine (C=N–C) groups is 1. The Bertz CT molecular complexity index is 2100. The topological polar surface area (TPSA) is 142 Å². The lowest BCUT2D eigenvalue weighted by molar-refractivity contribution is 0.0901.